The summed E-state index contributed by atoms with van der Waals surface area (Å²) in [4.78, 5) is 0. The van der Waals surface area contributed by atoms with E-state index in [4.69, 9.17) is 9.47 Å². The standard InChI is InChI=1S/C16H24BrNO2/c1-4-19-15-11-14(16(15,2)3)18-8-9-20-13-7-5-6-12(17)10-13/h5-7,10,14-15,18H,4,8-9,11H2,1-3H3. The molecule has 1 saturated carbocycles. The van der Waals surface area contributed by atoms with Gasteiger partial charge in [-0.05, 0) is 31.5 Å². The van der Waals surface area contributed by atoms with Gasteiger partial charge in [-0.25, -0.2) is 0 Å². The molecule has 112 valence electrons. The summed E-state index contributed by atoms with van der Waals surface area (Å²) in [6, 6.07) is 8.46. The van der Waals surface area contributed by atoms with E-state index in [-0.39, 0.29) is 5.41 Å². The predicted molar refractivity (Wildman–Crippen MR) is 85.2 cm³/mol. The van der Waals surface area contributed by atoms with Crippen LogP contribution >= 0.6 is 15.9 Å². The fraction of sp³-hybridized carbons (Fsp3) is 0.625. The van der Waals surface area contributed by atoms with Gasteiger partial charge in [0.2, 0.25) is 0 Å². The van der Waals surface area contributed by atoms with Gasteiger partial charge < -0.3 is 14.8 Å². The van der Waals surface area contributed by atoms with Gasteiger partial charge in [-0.15, -0.1) is 0 Å². The Bertz CT molecular complexity index is 436. The smallest absolute Gasteiger partial charge is 0.120 e. The van der Waals surface area contributed by atoms with Crippen molar-refractivity contribution in [3.8, 4) is 5.75 Å². The Hall–Kier alpha value is -0.580. The third-order valence-electron chi connectivity index (χ3n) is 4.10. The zero-order chi connectivity index (χ0) is 14.6. The SMILES string of the molecule is CCOC1CC(NCCOc2cccc(Br)c2)C1(C)C. The molecule has 3 nitrogen and oxygen atoms in total. The quantitative estimate of drug-likeness (QED) is 0.768. The van der Waals surface area contributed by atoms with Gasteiger partial charge in [-0.2, -0.15) is 0 Å². The number of nitrogens with one attached hydrogen (secondary N) is 1. The van der Waals surface area contributed by atoms with E-state index in [1.165, 1.54) is 0 Å². The summed E-state index contributed by atoms with van der Waals surface area (Å²) in [6.07, 6.45) is 1.48. The Morgan fingerprint density at radius 2 is 2.20 bits per heavy atom. The van der Waals surface area contributed by atoms with E-state index in [2.05, 4.69) is 42.0 Å². The van der Waals surface area contributed by atoms with Crippen LogP contribution in [0.15, 0.2) is 28.7 Å². The maximum atomic E-state index is 5.74. The van der Waals surface area contributed by atoms with Crippen molar-refractivity contribution in [2.24, 2.45) is 5.41 Å². The highest BCUT2D eigenvalue weighted by Crippen LogP contribution is 2.42. The Kier molecular flexibility index (Phi) is 5.47. The van der Waals surface area contributed by atoms with Crippen molar-refractivity contribution in [1.82, 2.24) is 5.32 Å². The summed E-state index contributed by atoms with van der Waals surface area (Å²) in [7, 11) is 0. The first-order valence-electron chi connectivity index (χ1n) is 7.27. The molecule has 0 spiro atoms. The molecule has 1 fully saturated rings. The van der Waals surface area contributed by atoms with Gasteiger partial charge in [-0.1, -0.05) is 35.8 Å². The van der Waals surface area contributed by atoms with E-state index in [0.717, 1.165) is 29.8 Å². The number of halogens is 1. The first kappa shape index (κ1) is 15.8. The molecular formula is C16H24BrNO2. The maximum absolute atomic E-state index is 5.74. The monoisotopic (exact) mass is 341 g/mol. The van der Waals surface area contributed by atoms with Crippen LogP contribution in [-0.4, -0.2) is 31.9 Å². The average Bonchev–Trinajstić information content (AvgIpc) is 2.41. The van der Waals surface area contributed by atoms with Crippen LogP contribution in [0.3, 0.4) is 0 Å². The lowest BCUT2D eigenvalue weighted by atomic mass is 9.64. The Labute approximate surface area is 130 Å². The molecule has 4 heteroatoms. The third-order valence-corrected chi connectivity index (χ3v) is 4.60. The molecule has 1 aliphatic rings. The zero-order valence-corrected chi connectivity index (χ0v) is 14.1. The predicted octanol–water partition coefficient (Wildman–Crippen LogP) is 3.62. The van der Waals surface area contributed by atoms with Gasteiger partial charge in [0, 0.05) is 29.1 Å². The number of benzene rings is 1. The van der Waals surface area contributed by atoms with Gasteiger partial charge in [0.25, 0.3) is 0 Å². The van der Waals surface area contributed by atoms with E-state index in [1.807, 2.05) is 24.3 Å². The average molecular weight is 342 g/mol. The van der Waals surface area contributed by atoms with Gasteiger partial charge in [0.05, 0.1) is 6.10 Å². The molecular weight excluding hydrogens is 318 g/mol. The molecule has 1 aliphatic carbocycles. The molecule has 0 aliphatic heterocycles. The molecule has 0 amide bonds. The Balaban J connectivity index is 1.67. The highest BCUT2D eigenvalue weighted by atomic mass is 79.9. The van der Waals surface area contributed by atoms with Gasteiger partial charge in [0.1, 0.15) is 12.4 Å². The number of ether oxygens (including phenoxy) is 2. The Morgan fingerprint density at radius 1 is 1.40 bits per heavy atom. The molecule has 0 heterocycles. The molecule has 0 bridgehead atoms. The number of hydrogen-bond acceptors (Lipinski definition) is 3. The van der Waals surface area contributed by atoms with Gasteiger partial charge in [-0.3, -0.25) is 0 Å². The fourth-order valence-corrected chi connectivity index (χ4v) is 3.05. The van der Waals surface area contributed by atoms with Crippen molar-refractivity contribution in [3.05, 3.63) is 28.7 Å². The Morgan fingerprint density at radius 3 is 2.85 bits per heavy atom. The molecule has 0 saturated heterocycles. The van der Waals surface area contributed by atoms with Crippen molar-refractivity contribution >= 4 is 15.9 Å². The lowest BCUT2D eigenvalue weighted by Gasteiger charge is -2.51. The van der Waals surface area contributed by atoms with Crippen molar-refractivity contribution in [3.63, 3.8) is 0 Å². The van der Waals surface area contributed by atoms with Crippen molar-refractivity contribution in [1.29, 1.82) is 0 Å². The second-order valence-corrected chi connectivity index (χ2v) is 6.73. The fourth-order valence-electron chi connectivity index (χ4n) is 2.67. The minimum Gasteiger partial charge on any atom is -0.492 e. The molecule has 1 aromatic rings. The third kappa shape index (κ3) is 3.74. The molecule has 0 aromatic heterocycles. The molecule has 0 radical (unpaired) electrons. The van der Waals surface area contributed by atoms with Gasteiger partial charge >= 0.3 is 0 Å². The summed E-state index contributed by atoms with van der Waals surface area (Å²) in [5.41, 5.74) is 0.214. The minimum atomic E-state index is 0.214. The van der Waals surface area contributed by atoms with E-state index < -0.39 is 0 Å². The highest BCUT2D eigenvalue weighted by molar-refractivity contribution is 9.10. The first-order valence-corrected chi connectivity index (χ1v) is 8.06. The lowest BCUT2D eigenvalue weighted by molar-refractivity contribution is -0.114. The van der Waals surface area contributed by atoms with Crippen LogP contribution in [-0.2, 0) is 4.74 Å². The molecule has 2 rings (SSSR count). The van der Waals surface area contributed by atoms with E-state index in [0.29, 0.717) is 18.8 Å². The summed E-state index contributed by atoms with van der Waals surface area (Å²) >= 11 is 3.44. The topological polar surface area (TPSA) is 30.5 Å². The van der Waals surface area contributed by atoms with Crippen molar-refractivity contribution < 1.29 is 9.47 Å². The summed E-state index contributed by atoms with van der Waals surface area (Å²) in [5, 5.41) is 3.57. The van der Waals surface area contributed by atoms with E-state index >= 15 is 0 Å². The largest absolute Gasteiger partial charge is 0.492 e. The molecule has 1 aromatic carbocycles. The number of rotatable bonds is 7. The van der Waals surface area contributed by atoms with Crippen molar-refractivity contribution in [2.45, 2.75) is 39.3 Å². The van der Waals surface area contributed by atoms with Crippen LogP contribution in [0.4, 0.5) is 0 Å². The molecule has 2 atom stereocenters. The lowest BCUT2D eigenvalue weighted by Crippen LogP contribution is -2.61. The van der Waals surface area contributed by atoms with E-state index in [9.17, 15) is 0 Å². The zero-order valence-electron chi connectivity index (χ0n) is 12.5. The normalized spacial score (nSPS) is 24.2. The second-order valence-electron chi connectivity index (χ2n) is 5.81. The minimum absolute atomic E-state index is 0.214. The van der Waals surface area contributed by atoms with Crippen molar-refractivity contribution in [2.75, 3.05) is 19.8 Å². The van der Waals surface area contributed by atoms with Crippen LogP contribution in [0.25, 0.3) is 0 Å². The van der Waals surface area contributed by atoms with Crippen LogP contribution in [0, 0.1) is 5.41 Å². The van der Waals surface area contributed by atoms with E-state index in [1.54, 1.807) is 0 Å². The highest BCUT2D eigenvalue weighted by Gasteiger charge is 2.48. The maximum Gasteiger partial charge on any atom is 0.120 e. The summed E-state index contributed by atoms with van der Waals surface area (Å²) < 4.78 is 12.5. The molecule has 1 N–H and O–H groups in total. The summed E-state index contributed by atoms with van der Waals surface area (Å²) in [6.45, 7) is 8.94. The second kappa shape index (κ2) is 6.92. The molecule has 2 unspecified atom stereocenters. The van der Waals surface area contributed by atoms with Gasteiger partial charge in [0.15, 0.2) is 0 Å². The number of hydrogen-bond donors (Lipinski definition) is 1. The first-order chi connectivity index (χ1) is 9.54. The van der Waals surface area contributed by atoms with Crippen LogP contribution < -0.4 is 10.1 Å². The van der Waals surface area contributed by atoms with Crippen LogP contribution in [0.5, 0.6) is 5.75 Å². The molecule has 20 heavy (non-hydrogen) atoms. The van der Waals surface area contributed by atoms with Crippen LogP contribution in [0.1, 0.15) is 27.2 Å². The summed E-state index contributed by atoms with van der Waals surface area (Å²) in [5.74, 6) is 0.904. The van der Waals surface area contributed by atoms with Crippen LogP contribution in [0.2, 0.25) is 0 Å².